The van der Waals surface area contributed by atoms with Crippen LogP contribution in [0.25, 0.3) is 22.0 Å². The van der Waals surface area contributed by atoms with Crippen molar-refractivity contribution in [3.05, 3.63) is 82.5 Å². The minimum Gasteiger partial charge on any atom is -0.497 e. The van der Waals surface area contributed by atoms with E-state index in [9.17, 15) is 4.79 Å². The Hall–Kier alpha value is -2.95. The van der Waals surface area contributed by atoms with E-state index in [1.54, 1.807) is 38.5 Å². The van der Waals surface area contributed by atoms with E-state index in [2.05, 4.69) is 0 Å². The molecule has 0 spiro atoms. The Morgan fingerprint density at radius 2 is 1.53 bits per heavy atom. The molecule has 152 valence electrons. The van der Waals surface area contributed by atoms with Crippen LogP contribution in [0, 0.1) is 0 Å². The Labute approximate surface area is 184 Å². The lowest BCUT2D eigenvalue weighted by atomic mass is 10.0. The zero-order valence-corrected chi connectivity index (χ0v) is 18.0. The van der Waals surface area contributed by atoms with Crippen LogP contribution in [0.2, 0.25) is 10.0 Å². The van der Waals surface area contributed by atoms with Gasteiger partial charge in [-0.1, -0.05) is 35.3 Å². The summed E-state index contributed by atoms with van der Waals surface area (Å²) in [5, 5.41) is 2.16. The van der Waals surface area contributed by atoms with E-state index in [4.69, 9.17) is 32.7 Å². The minimum atomic E-state index is -0.0204. The molecule has 0 saturated heterocycles. The molecule has 0 saturated carbocycles. The predicted octanol–water partition coefficient (Wildman–Crippen LogP) is 6.52. The molecule has 4 aromatic rings. The van der Waals surface area contributed by atoms with Gasteiger partial charge in [0.05, 0.1) is 26.3 Å². The number of aromatic nitrogens is 1. The number of halogens is 2. The third-order valence-corrected chi connectivity index (χ3v) is 5.51. The number of carbonyl (C=O) groups is 1. The monoisotopic (exact) mass is 439 g/mol. The van der Waals surface area contributed by atoms with Gasteiger partial charge in [0.15, 0.2) is 5.78 Å². The smallest absolute Gasteiger partial charge is 0.182 e. The van der Waals surface area contributed by atoms with Gasteiger partial charge in [0.25, 0.3) is 0 Å². The molecule has 0 N–H and O–H groups in total. The maximum atomic E-state index is 12.9. The van der Waals surface area contributed by atoms with E-state index in [0.29, 0.717) is 27.1 Å². The van der Waals surface area contributed by atoms with Crippen LogP contribution in [-0.2, 0) is 6.54 Å². The summed E-state index contributed by atoms with van der Waals surface area (Å²) in [6.07, 6.45) is 1.96. The Balaban J connectivity index is 1.87. The van der Waals surface area contributed by atoms with Crippen LogP contribution in [-0.4, -0.2) is 24.6 Å². The molecule has 0 fully saturated rings. The molecule has 0 aliphatic carbocycles. The van der Waals surface area contributed by atoms with Gasteiger partial charge in [0, 0.05) is 44.9 Å². The van der Waals surface area contributed by atoms with Crippen molar-refractivity contribution in [1.82, 2.24) is 4.57 Å². The van der Waals surface area contributed by atoms with Crippen molar-refractivity contribution in [3.8, 4) is 22.6 Å². The summed E-state index contributed by atoms with van der Waals surface area (Å²) in [4.78, 5) is 12.9. The molecule has 0 amide bonds. The van der Waals surface area contributed by atoms with Gasteiger partial charge < -0.3 is 14.0 Å². The average molecular weight is 440 g/mol. The van der Waals surface area contributed by atoms with Crippen molar-refractivity contribution in [2.45, 2.75) is 6.54 Å². The van der Waals surface area contributed by atoms with Crippen molar-refractivity contribution in [2.75, 3.05) is 14.2 Å². The van der Waals surface area contributed by atoms with Gasteiger partial charge in [-0.25, -0.2) is 0 Å². The van der Waals surface area contributed by atoms with E-state index >= 15 is 0 Å². The number of ether oxygens (including phenoxy) is 2. The number of benzene rings is 3. The van der Waals surface area contributed by atoms with Crippen molar-refractivity contribution in [3.63, 3.8) is 0 Å². The summed E-state index contributed by atoms with van der Waals surface area (Å²) in [5.74, 6) is 1.31. The largest absolute Gasteiger partial charge is 0.497 e. The summed E-state index contributed by atoms with van der Waals surface area (Å²) in [6.45, 7) is 0.169. The molecule has 0 radical (unpaired) electrons. The van der Waals surface area contributed by atoms with Gasteiger partial charge in [0.1, 0.15) is 11.5 Å². The second-order valence-electron chi connectivity index (χ2n) is 6.83. The summed E-state index contributed by atoms with van der Waals surface area (Å²) in [6, 6.07) is 18.2. The number of rotatable bonds is 6. The van der Waals surface area contributed by atoms with E-state index < -0.39 is 0 Å². The van der Waals surface area contributed by atoms with Crippen LogP contribution in [0.3, 0.4) is 0 Å². The maximum absolute atomic E-state index is 12.9. The van der Waals surface area contributed by atoms with Crippen molar-refractivity contribution in [1.29, 1.82) is 0 Å². The first-order valence-corrected chi connectivity index (χ1v) is 10.1. The molecule has 4 rings (SSSR count). The Kier molecular flexibility index (Phi) is 5.71. The van der Waals surface area contributed by atoms with Gasteiger partial charge in [-0.3, -0.25) is 4.79 Å². The van der Waals surface area contributed by atoms with Crippen LogP contribution in [0.1, 0.15) is 10.4 Å². The number of ketones is 1. The first-order chi connectivity index (χ1) is 14.5. The molecule has 1 aromatic heterocycles. The first-order valence-electron chi connectivity index (χ1n) is 9.29. The molecular weight excluding hydrogens is 421 g/mol. The van der Waals surface area contributed by atoms with Crippen LogP contribution >= 0.6 is 23.2 Å². The highest BCUT2D eigenvalue weighted by molar-refractivity contribution is 6.31. The fraction of sp³-hybridized carbons (Fsp3) is 0.125. The lowest BCUT2D eigenvalue weighted by molar-refractivity contribution is 0.0973. The van der Waals surface area contributed by atoms with E-state index in [1.807, 2.05) is 47.2 Å². The molecule has 30 heavy (non-hydrogen) atoms. The zero-order valence-electron chi connectivity index (χ0n) is 16.5. The van der Waals surface area contributed by atoms with Crippen molar-refractivity contribution in [2.24, 2.45) is 0 Å². The summed E-state index contributed by atoms with van der Waals surface area (Å²) < 4.78 is 13.0. The maximum Gasteiger partial charge on any atom is 0.182 e. The van der Waals surface area contributed by atoms with Crippen LogP contribution in [0.15, 0.2) is 66.9 Å². The normalized spacial score (nSPS) is 10.9. The standard InChI is InChI=1S/C24H19Cl2NO3/c1-29-19-11-21-24(23(12-19)30-2)20(15-3-7-17(25)8-4-15)13-27(21)14-22(28)16-5-9-18(26)10-6-16/h3-13H,14H2,1-2H3. The molecule has 6 heteroatoms. The molecule has 0 bridgehead atoms. The number of nitrogens with zero attached hydrogens (tertiary/aromatic N) is 1. The molecule has 0 unspecified atom stereocenters. The third-order valence-electron chi connectivity index (χ3n) is 5.01. The van der Waals surface area contributed by atoms with E-state index in [1.165, 1.54) is 0 Å². The Bertz CT molecular complexity index is 1210. The number of Topliss-reactive ketones (excluding diaryl/α,β-unsaturated/α-hetero) is 1. The second kappa shape index (κ2) is 8.42. The van der Waals surface area contributed by atoms with E-state index in [0.717, 1.165) is 22.0 Å². The van der Waals surface area contributed by atoms with Gasteiger partial charge in [0.2, 0.25) is 0 Å². The van der Waals surface area contributed by atoms with Crippen molar-refractivity contribution >= 4 is 39.9 Å². The SMILES string of the molecule is COc1cc(OC)c2c(-c3ccc(Cl)cc3)cn(CC(=O)c3ccc(Cl)cc3)c2c1. The number of hydrogen-bond acceptors (Lipinski definition) is 3. The highest BCUT2D eigenvalue weighted by atomic mass is 35.5. The van der Waals surface area contributed by atoms with Gasteiger partial charge >= 0.3 is 0 Å². The van der Waals surface area contributed by atoms with Gasteiger partial charge in [-0.15, -0.1) is 0 Å². The lowest BCUT2D eigenvalue weighted by Crippen LogP contribution is -2.09. The highest BCUT2D eigenvalue weighted by Crippen LogP contribution is 2.40. The van der Waals surface area contributed by atoms with Crippen LogP contribution in [0.4, 0.5) is 0 Å². The van der Waals surface area contributed by atoms with E-state index in [-0.39, 0.29) is 12.3 Å². The fourth-order valence-electron chi connectivity index (χ4n) is 3.50. The molecule has 0 aliphatic rings. The number of fused-ring (bicyclic) bond motifs is 1. The van der Waals surface area contributed by atoms with Gasteiger partial charge in [-0.2, -0.15) is 0 Å². The van der Waals surface area contributed by atoms with Crippen molar-refractivity contribution < 1.29 is 14.3 Å². The summed E-state index contributed by atoms with van der Waals surface area (Å²) in [5.41, 5.74) is 3.37. The topological polar surface area (TPSA) is 40.5 Å². The number of carbonyl (C=O) groups excluding carboxylic acids is 1. The Morgan fingerprint density at radius 1 is 0.900 bits per heavy atom. The molecule has 1 heterocycles. The minimum absolute atomic E-state index is 0.0204. The molecular formula is C24H19Cl2NO3. The fourth-order valence-corrected chi connectivity index (χ4v) is 3.76. The van der Waals surface area contributed by atoms with Crippen LogP contribution in [0.5, 0.6) is 11.5 Å². The number of methoxy groups -OCH3 is 2. The third kappa shape index (κ3) is 3.89. The summed E-state index contributed by atoms with van der Waals surface area (Å²) in [7, 11) is 3.23. The second-order valence-corrected chi connectivity index (χ2v) is 7.70. The quantitative estimate of drug-likeness (QED) is 0.321. The molecule has 3 aromatic carbocycles. The van der Waals surface area contributed by atoms with Crippen LogP contribution < -0.4 is 9.47 Å². The molecule has 0 atom stereocenters. The average Bonchev–Trinajstić information content (AvgIpc) is 3.12. The summed E-state index contributed by atoms with van der Waals surface area (Å²) >= 11 is 12.0. The first kappa shape index (κ1) is 20.3. The lowest BCUT2D eigenvalue weighted by Gasteiger charge is -2.10. The predicted molar refractivity (Wildman–Crippen MR) is 121 cm³/mol. The van der Waals surface area contributed by atoms with Gasteiger partial charge in [-0.05, 0) is 42.0 Å². The molecule has 4 nitrogen and oxygen atoms in total. The molecule has 0 aliphatic heterocycles. The highest BCUT2D eigenvalue weighted by Gasteiger charge is 2.18. The number of hydrogen-bond donors (Lipinski definition) is 0. The Morgan fingerprint density at radius 3 is 2.13 bits per heavy atom. The zero-order chi connectivity index (χ0) is 21.3.